The van der Waals surface area contributed by atoms with E-state index in [0.29, 0.717) is 17.5 Å². The third-order valence-electron chi connectivity index (χ3n) is 9.09. The van der Waals surface area contributed by atoms with Crippen LogP contribution in [0.3, 0.4) is 0 Å². The molecule has 3 aromatic rings. The number of amides is 3. The van der Waals surface area contributed by atoms with Gasteiger partial charge in [0.2, 0.25) is 17.7 Å². The van der Waals surface area contributed by atoms with E-state index >= 15 is 0 Å². The SMILES string of the molecule is COC1C(=O)OC(C)C(C)/C=C(\C)CC(C)C(=O)NC(C)C(=O)N(C)C(Cc2c[nH]c3ccccc23)C(=O)NC1c1ccc(C#N)cc1. The summed E-state index contributed by atoms with van der Waals surface area (Å²) in [5, 5.41) is 16.1. The van der Waals surface area contributed by atoms with Crippen LogP contribution in [-0.2, 0) is 35.1 Å². The number of H-pyrrole nitrogens is 1. The van der Waals surface area contributed by atoms with Crippen LogP contribution in [0.2, 0.25) is 0 Å². The molecule has 0 saturated heterocycles. The lowest BCUT2D eigenvalue weighted by molar-refractivity contribution is -0.164. The van der Waals surface area contributed by atoms with Crippen molar-refractivity contribution < 1.29 is 28.7 Å². The summed E-state index contributed by atoms with van der Waals surface area (Å²) < 4.78 is 11.6. The first-order valence-electron chi connectivity index (χ1n) is 16.2. The van der Waals surface area contributed by atoms with Crippen molar-refractivity contribution in [2.75, 3.05) is 14.2 Å². The Bertz CT molecular complexity index is 1710. The van der Waals surface area contributed by atoms with Crippen molar-refractivity contribution >= 4 is 34.6 Å². The molecule has 48 heavy (non-hydrogen) atoms. The van der Waals surface area contributed by atoms with E-state index in [1.165, 1.54) is 19.1 Å². The molecule has 3 N–H and O–H groups in total. The number of allylic oxidation sites excluding steroid dienone is 1. The van der Waals surface area contributed by atoms with Crippen LogP contribution in [0.25, 0.3) is 10.9 Å². The highest BCUT2D eigenvalue weighted by molar-refractivity contribution is 5.93. The van der Waals surface area contributed by atoms with Crippen molar-refractivity contribution in [3.63, 3.8) is 0 Å². The predicted octanol–water partition coefficient (Wildman–Crippen LogP) is 4.34. The van der Waals surface area contributed by atoms with Crippen LogP contribution in [0, 0.1) is 23.2 Å². The Kier molecular flexibility index (Phi) is 11.8. The first kappa shape index (κ1) is 35.9. The Morgan fingerprint density at radius 2 is 1.67 bits per heavy atom. The van der Waals surface area contributed by atoms with Crippen LogP contribution in [0.4, 0.5) is 0 Å². The lowest BCUT2D eigenvalue weighted by atomic mass is 9.95. The topological polar surface area (TPSA) is 154 Å². The number of para-hydroxylation sites is 1. The summed E-state index contributed by atoms with van der Waals surface area (Å²) in [5.41, 5.74) is 3.53. The molecule has 0 saturated carbocycles. The molecule has 0 fully saturated rings. The Labute approximate surface area is 281 Å². The number of nitrogens with zero attached hydrogens (tertiary/aromatic N) is 2. The molecule has 1 aromatic heterocycles. The molecular weight excluding hydrogens is 610 g/mol. The van der Waals surface area contributed by atoms with Gasteiger partial charge in [-0.1, -0.05) is 55.8 Å². The van der Waals surface area contributed by atoms with Crippen LogP contribution in [-0.4, -0.2) is 72.0 Å². The van der Waals surface area contributed by atoms with E-state index < -0.39 is 54.0 Å². The molecule has 7 atom stereocenters. The maximum atomic E-state index is 14.4. The number of aromatic nitrogens is 1. The number of methoxy groups -OCH3 is 1. The van der Waals surface area contributed by atoms with Crippen molar-refractivity contribution in [3.8, 4) is 6.07 Å². The molecule has 4 rings (SSSR count). The summed E-state index contributed by atoms with van der Waals surface area (Å²) in [7, 11) is 2.89. The van der Waals surface area contributed by atoms with Crippen LogP contribution in [0.15, 0.2) is 66.4 Å². The highest BCUT2D eigenvalue weighted by atomic mass is 16.6. The molecule has 0 aliphatic carbocycles. The normalized spacial score (nSPS) is 27.9. The van der Waals surface area contributed by atoms with Crippen molar-refractivity contribution in [1.29, 1.82) is 5.26 Å². The Balaban J connectivity index is 1.81. The van der Waals surface area contributed by atoms with E-state index in [4.69, 9.17) is 9.47 Å². The van der Waals surface area contributed by atoms with Gasteiger partial charge in [0.1, 0.15) is 18.2 Å². The summed E-state index contributed by atoms with van der Waals surface area (Å²) in [6, 6.07) is 13.2. The minimum atomic E-state index is -1.26. The summed E-state index contributed by atoms with van der Waals surface area (Å²) >= 11 is 0. The number of fused-ring (bicyclic) bond motifs is 1. The lowest BCUT2D eigenvalue weighted by Gasteiger charge is -2.33. The van der Waals surface area contributed by atoms with Crippen LogP contribution in [0.1, 0.15) is 63.8 Å². The number of nitriles is 1. The largest absolute Gasteiger partial charge is 0.460 e. The zero-order chi connectivity index (χ0) is 35.1. The minimum absolute atomic E-state index is 0.135. The fourth-order valence-corrected chi connectivity index (χ4v) is 6.09. The third kappa shape index (κ3) is 8.30. The smallest absolute Gasteiger partial charge is 0.338 e. The van der Waals surface area contributed by atoms with Crippen molar-refractivity contribution in [1.82, 2.24) is 20.5 Å². The number of cyclic esters (lactones) is 1. The van der Waals surface area contributed by atoms with Gasteiger partial charge >= 0.3 is 5.97 Å². The molecule has 1 aliphatic heterocycles. The second kappa shape index (κ2) is 15.8. The molecule has 3 amide bonds. The number of esters is 1. The number of benzene rings is 2. The molecule has 11 heteroatoms. The zero-order valence-electron chi connectivity index (χ0n) is 28.6. The molecule has 11 nitrogen and oxygen atoms in total. The summed E-state index contributed by atoms with van der Waals surface area (Å²) in [6.45, 7) is 9.00. The number of hydrogen-bond acceptors (Lipinski definition) is 7. The lowest BCUT2D eigenvalue weighted by Crippen LogP contribution is -2.56. The molecule has 0 bridgehead atoms. The maximum Gasteiger partial charge on any atom is 0.338 e. The molecule has 254 valence electrons. The highest BCUT2D eigenvalue weighted by Crippen LogP contribution is 2.26. The number of nitrogens with one attached hydrogen (secondary N) is 3. The van der Waals surface area contributed by atoms with Crippen molar-refractivity contribution in [2.45, 2.75) is 77.8 Å². The Morgan fingerprint density at radius 3 is 2.33 bits per heavy atom. The molecule has 2 aromatic carbocycles. The van der Waals surface area contributed by atoms with E-state index in [9.17, 15) is 24.4 Å². The van der Waals surface area contributed by atoms with Crippen molar-refractivity contribution in [3.05, 3.63) is 83.1 Å². The average Bonchev–Trinajstić information content (AvgIpc) is 3.48. The fraction of sp³-hybridized carbons (Fsp3) is 0.432. The van der Waals surface area contributed by atoms with E-state index in [-0.39, 0.29) is 18.2 Å². The number of carbonyl (C=O) groups excluding carboxylic acids is 4. The number of likely N-dealkylation sites (N-methyl/N-ethyl adjacent to an activating group) is 1. The van der Waals surface area contributed by atoms with Gasteiger partial charge in [0.25, 0.3) is 0 Å². The first-order chi connectivity index (χ1) is 22.8. The summed E-state index contributed by atoms with van der Waals surface area (Å²) in [5.74, 6) is -2.60. The van der Waals surface area contributed by atoms with Gasteiger partial charge in [0, 0.05) is 49.5 Å². The quantitative estimate of drug-likeness (QED) is 0.279. The van der Waals surface area contributed by atoms with Gasteiger partial charge in [-0.25, -0.2) is 4.79 Å². The van der Waals surface area contributed by atoms with Gasteiger partial charge in [0.15, 0.2) is 6.10 Å². The predicted molar refractivity (Wildman–Crippen MR) is 181 cm³/mol. The average molecular weight is 656 g/mol. The first-order valence-corrected chi connectivity index (χ1v) is 16.2. The van der Waals surface area contributed by atoms with Crippen molar-refractivity contribution in [2.24, 2.45) is 11.8 Å². The monoisotopic (exact) mass is 655 g/mol. The Morgan fingerprint density at radius 1 is 0.979 bits per heavy atom. The minimum Gasteiger partial charge on any atom is -0.460 e. The second-order valence-electron chi connectivity index (χ2n) is 12.8. The maximum absolute atomic E-state index is 14.4. The Hall–Kier alpha value is -4.95. The van der Waals surface area contributed by atoms with Crippen LogP contribution < -0.4 is 10.6 Å². The number of aromatic amines is 1. The number of rotatable bonds is 4. The van der Waals surface area contributed by atoms with Gasteiger partial charge in [-0.15, -0.1) is 0 Å². The standard InChI is InChI=1S/C37H45N5O6/c1-21-16-22(2)25(5)48-37(46)33(47-7)32(27-14-12-26(19-38)13-15-27)41-35(44)31(18-28-20-39-30-11-9-8-10-29(28)30)42(6)36(45)24(4)40-34(43)23(3)17-21/h8-16,20,22-25,31-33,39H,17-18H2,1-7H3,(H,40,43)(H,41,44)/b21-16+. The number of carbonyl (C=O) groups is 4. The van der Waals surface area contributed by atoms with E-state index in [0.717, 1.165) is 22.0 Å². The number of hydrogen-bond donors (Lipinski definition) is 3. The van der Waals surface area contributed by atoms with E-state index in [1.807, 2.05) is 44.2 Å². The van der Waals surface area contributed by atoms with Gasteiger partial charge in [-0.3, -0.25) is 14.4 Å². The van der Waals surface area contributed by atoms with E-state index in [1.54, 1.807) is 51.2 Å². The molecule has 2 heterocycles. The highest BCUT2D eigenvalue weighted by Gasteiger charge is 2.38. The van der Waals surface area contributed by atoms with Crippen LogP contribution in [0.5, 0.6) is 0 Å². The van der Waals surface area contributed by atoms with Gasteiger partial charge in [-0.2, -0.15) is 5.26 Å². The fourth-order valence-electron chi connectivity index (χ4n) is 6.09. The van der Waals surface area contributed by atoms with Gasteiger partial charge in [0.05, 0.1) is 17.7 Å². The van der Waals surface area contributed by atoms with E-state index in [2.05, 4.69) is 21.7 Å². The zero-order valence-corrected chi connectivity index (χ0v) is 28.6. The second-order valence-corrected chi connectivity index (χ2v) is 12.8. The van der Waals surface area contributed by atoms with Gasteiger partial charge < -0.3 is 30.0 Å². The molecule has 0 spiro atoms. The molecule has 0 radical (unpaired) electrons. The summed E-state index contributed by atoms with van der Waals surface area (Å²) in [4.78, 5) is 59.7. The summed E-state index contributed by atoms with van der Waals surface area (Å²) in [6.07, 6.45) is 2.54. The van der Waals surface area contributed by atoms with Gasteiger partial charge in [-0.05, 0) is 56.5 Å². The van der Waals surface area contributed by atoms with Crippen LogP contribution >= 0.6 is 0 Å². The molecular formula is C37H45N5O6. The number of ether oxygens (including phenoxy) is 2. The molecule has 1 aliphatic rings. The third-order valence-corrected chi connectivity index (χ3v) is 9.09. The molecule has 7 unspecified atom stereocenters.